The van der Waals surface area contributed by atoms with Gasteiger partial charge in [-0.2, -0.15) is 13.2 Å². The smallest absolute Gasteiger partial charge is 0.419 e. The van der Waals surface area contributed by atoms with Gasteiger partial charge in [-0.15, -0.1) is 0 Å². The topological polar surface area (TPSA) is 83.6 Å². The van der Waals surface area contributed by atoms with Gasteiger partial charge in [-0.3, -0.25) is 4.79 Å². The Morgan fingerprint density at radius 2 is 1.94 bits per heavy atom. The highest BCUT2D eigenvalue weighted by Crippen LogP contribution is 2.36. The fraction of sp³-hybridized carbons (Fsp3) is 0.222. The van der Waals surface area contributed by atoms with Crippen molar-refractivity contribution in [3.05, 3.63) is 29.3 Å². The fourth-order valence-electron chi connectivity index (χ4n) is 1.12. The Labute approximate surface area is 88.1 Å². The lowest BCUT2D eigenvalue weighted by atomic mass is 10.0. The highest BCUT2D eigenvalue weighted by molar-refractivity contribution is 5.75. The van der Waals surface area contributed by atoms with E-state index in [1.807, 2.05) is 0 Å². The van der Waals surface area contributed by atoms with Gasteiger partial charge in [0.15, 0.2) is 0 Å². The van der Waals surface area contributed by atoms with Crippen molar-refractivity contribution in [1.82, 2.24) is 0 Å². The van der Waals surface area contributed by atoms with Gasteiger partial charge in [-0.1, -0.05) is 6.07 Å². The first-order chi connectivity index (χ1) is 7.23. The maximum absolute atomic E-state index is 12.3. The minimum absolute atomic E-state index is 0.224. The Morgan fingerprint density at radius 3 is 2.38 bits per heavy atom. The van der Waals surface area contributed by atoms with Crippen LogP contribution in [-0.2, 0) is 11.0 Å². The van der Waals surface area contributed by atoms with Crippen molar-refractivity contribution in [2.45, 2.75) is 12.2 Å². The van der Waals surface area contributed by atoms with E-state index in [9.17, 15) is 18.0 Å². The summed E-state index contributed by atoms with van der Waals surface area (Å²) in [5.74, 6) is -2.41. The summed E-state index contributed by atoms with van der Waals surface area (Å²) in [6, 6.07) is 0.764. The molecule has 16 heavy (non-hydrogen) atoms. The number of aromatic hydroxyl groups is 1. The Bertz CT molecular complexity index is 417. The molecule has 0 aliphatic carbocycles. The summed E-state index contributed by atoms with van der Waals surface area (Å²) in [5.41, 5.74) is 3.62. The maximum Gasteiger partial charge on any atom is 0.419 e. The van der Waals surface area contributed by atoms with Crippen molar-refractivity contribution in [2.24, 2.45) is 5.73 Å². The first kappa shape index (κ1) is 12.3. The van der Waals surface area contributed by atoms with Gasteiger partial charge >= 0.3 is 12.1 Å². The molecule has 4 N–H and O–H groups in total. The van der Waals surface area contributed by atoms with Crippen molar-refractivity contribution in [3.63, 3.8) is 0 Å². The normalized spacial score (nSPS) is 13.5. The van der Waals surface area contributed by atoms with Crippen LogP contribution in [-0.4, -0.2) is 16.2 Å². The summed E-state index contributed by atoms with van der Waals surface area (Å²) in [6.45, 7) is 0. The first-order valence-corrected chi connectivity index (χ1v) is 4.12. The molecule has 0 aromatic heterocycles. The number of hydrogen-bond acceptors (Lipinski definition) is 3. The van der Waals surface area contributed by atoms with E-state index in [1.165, 1.54) is 0 Å². The van der Waals surface area contributed by atoms with Crippen LogP contribution in [0.3, 0.4) is 0 Å². The molecule has 0 unspecified atom stereocenters. The van der Waals surface area contributed by atoms with Gasteiger partial charge in [0.2, 0.25) is 0 Å². The number of hydrogen-bond donors (Lipinski definition) is 3. The molecule has 1 atom stereocenters. The third-order valence-electron chi connectivity index (χ3n) is 1.95. The zero-order valence-electron chi connectivity index (χ0n) is 7.82. The van der Waals surface area contributed by atoms with E-state index in [4.69, 9.17) is 15.9 Å². The molecule has 7 heteroatoms. The predicted molar refractivity (Wildman–Crippen MR) is 47.7 cm³/mol. The number of benzene rings is 1. The summed E-state index contributed by atoms with van der Waals surface area (Å²) >= 11 is 0. The molecule has 0 radical (unpaired) electrons. The largest absolute Gasteiger partial charge is 0.507 e. The lowest BCUT2D eigenvalue weighted by Gasteiger charge is -2.12. The number of alkyl halides is 3. The molecule has 0 aliphatic rings. The van der Waals surface area contributed by atoms with Crippen LogP contribution in [0.1, 0.15) is 17.2 Å². The van der Waals surface area contributed by atoms with Crippen LogP contribution in [0.5, 0.6) is 5.75 Å². The van der Waals surface area contributed by atoms with E-state index in [0.717, 1.165) is 12.1 Å². The molecule has 1 aromatic carbocycles. The molecule has 4 nitrogen and oxygen atoms in total. The van der Waals surface area contributed by atoms with Crippen molar-refractivity contribution in [3.8, 4) is 5.75 Å². The summed E-state index contributed by atoms with van der Waals surface area (Å²) in [5, 5.41) is 17.5. The molecular formula is C9H8F3NO3. The average molecular weight is 235 g/mol. The molecule has 1 rings (SSSR count). The first-order valence-electron chi connectivity index (χ1n) is 4.12. The highest BCUT2D eigenvalue weighted by Gasteiger charge is 2.34. The third-order valence-corrected chi connectivity index (χ3v) is 1.95. The maximum atomic E-state index is 12.3. The molecule has 0 spiro atoms. The van der Waals surface area contributed by atoms with Gasteiger partial charge in [0.05, 0.1) is 5.56 Å². The summed E-state index contributed by atoms with van der Waals surface area (Å²) in [4.78, 5) is 10.5. The zero-order valence-corrected chi connectivity index (χ0v) is 7.82. The van der Waals surface area contributed by atoms with E-state index in [1.54, 1.807) is 0 Å². The van der Waals surface area contributed by atoms with Crippen LogP contribution in [0.2, 0.25) is 0 Å². The quantitative estimate of drug-likeness (QED) is 0.725. The Hall–Kier alpha value is -1.76. The lowest BCUT2D eigenvalue weighted by Crippen LogP contribution is -2.21. The van der Waals surface area contributed by atoms with Crippen LogP contribution >= 0.6 is 0 Å². The van der Waals surface area contributed by atoms with E-state index < -0.39 is 29.5 Å². The summed E-state index contributed by atoms with van der Waals surface area (Å²) < 4.78 is 37.0. The number of nitrogens with two attached hydrogens (primary N) is 1. The molecule has 0 heterocycles. The van der Waals surface area contributed by atoms with Crippen molar-refractivity contribution in [1.29, 1.82) is 0 Å². The number of rotatable bonds is 2. The lowest BCUT2D eigenvalue weighted by molar-refractivity contribution is -0.140. The molecule has 0 saturated carbocycles. The van der Waals surface area contributed by atoms with Crippen molar-refractivity contribution in [2.75, 3.05) is 0 Å². The monoisotopic (exact) mass is 235 g/mol. The number of carbonyl (C=O) groups is 1. The second-order valence-corrected chi connectivity index (χ2v) is 3.09. The van der Waals surface area contributed by atoms with Crippen LogP contribution in [0, 0.1) is 0 Å². The molecule has 0 saturated heterocycles. The second kappa shape index (κ2) is 4.01. The molecule has 0 bridgehead atoms. The van der Waals surface area contributed by atoms with Gasteiger partial charge in [-0.05, 0) is 17.7 Å². The minimum Gasteiger partial charge on any atom is -0.507 e. The summed E-state index contributed by atoms with van der Waals surface area (Å²) in [6.07, 6.45) is -4.75. The Kier molecular flexibility index (Phi) is 3.09. The van der Waals surface area contributed by atoms with Crippen LogP contribution in [0.15, 0.2) is 18.2 Å². The van der Waals surface area contributed by atoms with E-state index in [2.05, 4.69) is 0 Å². The standard InChI is InChI=1S/C9H8F3NO3/c10-9(11,12)5-3-4(1-2-6(5)14)7(13)8(15)16/h1-3,7,14H,13H2,(H,15,16)/t7-/m0/s1. The van der Waals surface area contributed by atoms with E-state index in [-0.39, 0.29) is 5.56 Å². The molecule has 0 fully saturated rings. The van der Waals surface area contributed by atoms with E-state index >= 15 is 0 Å². The third kappa shape index (κ3) is 2.43. The summed E-state index contributed by atoms with van der Waals surface area (Å²) in [7, 11) is 0. The highest BCUT2D eigenvalue weighted by atomic mass is 19.4. The molecule has 1 aromatic rings. The average Bonchev–Trinajstić information content (AvgIpc) is 2.15. The molecule has 0 aliphatic heterocycles. The number of carboxylic acid groups (broad SMARTS) is 1. The van der Waals surface area contributed by atoms with Gasteiger partial charge in [-0.25, -0.2) is 0 Å². The van der Waals surface area contributed by atoms with E-state index in [0.29, 0.717) is 6.07 Å². The molecular weight excluding hydrogens is 227 g/mol. The number of carboxylic acids is 1. The number of phenolic OH excluding ortho intramolecular Hbond substituents is 1. The number of aliphatic carboxylic acids is 1. The predicted octanol–water partition coefficient (Wildman–Crippen LogP) is 1.50. The van der Waals surface area contributed by atoms with Crippen LogP contribution in [0.25, 0.3) is 0 Å². The van der Waals surface area contributed by atoms with Gasteiger partial charge in [0.25, 0.3) is 0 Å². The SMILES string of the molecule is N[C@H](C(=O)O)c1ccc(O)c(C(F)(F)F)c1. The fourth-order valence-corrected chi connectivity index (χ4v) is 1.12. The van der Waals surface area contributed by atoms with Crippen molar-refractivity contribution >= 4 is 5.97 Å². The zero-order chi connectivity index (χ0) is 12.5. The number of halogens is 3. The Morgan fingerprint density at radius 1 is 1.38 bits per heavy atom. The molecule has 88 valence electrons. The van der Waals surface area contributed by atoms with Crippen LogP contribution < -0.4 is 5.73 Å². The second-order valence-electron chi connectivity index (χ2n) is 3.09. The van der Waals surface area contributed by atoms with Gasteiger partial charge < -0.3 is 15.9 Å². The van der Waals surface area contributed by atoms with Gasteiger partial charge in [0, 0.05) is 0 Å². The number of phenols is 1. The van der Waals surface area contributed by atoms with Gasteiger partial charge in [0.1, 0.15) is 11.8 Å². The molecule has 0 amide bonds. The van der Waals surface area contributed by atoms with Crippen molar-refractivity contribution < 1.29 is 28.2 Å². The Balaban J connectivity index is 3.23. The van der Waals surface area contributed by atoms with Crippen LogP contribution in [0.4, 0.5) is 13.2 Å². The minimum atomic E-state index is -4.75.